The van der Waals surface area contributed by atoms with E-state index >= 15 is 0 Å². The van der Waals surface area contributed by atoms with Crippen molar-refractivity contribution >= 4 is 5.91 Å². The Hall–Kier alpha value is -2.21. The van der Waals surface area contributed by atoms with E-state index < -0.39 is 0 Å². The van der Waals surface area contributed by atoms with Crippen LogP contribution in [0.1, 0.15) is 36.0 Å². The van der Waals surface area contributed by atoms with Crippen molar-refractivity contribution in [2.45, 2.75) is 32.1 Å². The van der Waals surface area contributed by atoms with Crippen LogP contribution in [0.25, 0.3) is 0 Å². The highest BCUT2D eigenvalue weighted by atomic mass is 16.5. The maximum atomic E-state index is 12.5. The second-order valence-electron chi connectivity index (χ2n) is 6.37. The SMILES string of the molecule is Cc1noc([C@@H]2CN(C(=O)CCCc3ccccc3)C[C@H]2CO)n1. The minimum Gasteiger partial charge on any atom is -0.396 e. The first-order valence-electron chi connectivity index (χ1n) is 8.40. The predicted octanol–water partition coefficient (Wildman–Crippen LogP) is 1.94. The minimum atomic E-state index is -0.0747. The van der Waals surface area contributed by atoms with E-state index in [-0.39, 0.29) is 24.3 Å². The molecule has 0 unspecified atom stereocenters. The minimum absolute atomic E-state index is 0.0138. The summed E-state index contributed by atoms with van der Waals surface area (Å²) in [5.41, 5.74) is 1.25. The maximum Gasteiger partial charge on any atom is 0.231 e. The van der Waals surface area contributed by atoms with Gasteiger partial charge in [-0.15, -0.1) is 0 Å². The number of aliphatic hydroxyl groups is 1. The van der Waals surface area contributed by atoms with Gasteiger partial charge < -0.3 is 14.5 Å². The number of benzene rings is 1. The van der Waals surface area contributed by atoms with Gasteiger partial charge in [-0.2, -0.15) is 4.98 Å². The van der Waals surface area contributed by atoms with E-state index in [4.69, 9.17) is 4.52 Å². The van der Waals surface area contributed by atoms with Gasteiger partial charge in [-0.05, 0) is 25.3 Å². The summed E-state index contributed by atoms with van der Waals surface area (Å²) in [6.45, 7) is 2.87. The standard InChI is InChI=1S/C18H23N3O3/c1-13-19-18(24-20-13)16-11-21(10-15(16)12-22)17(23)9-5-8-14-6-3-2-4-7-14/h2-4,6-7,15-16,22H,5,8-12H2,1H3/t15-,16+/m0/s1. The van der Waals surface area contributed by atoms with E-state index in [9.17, 15) is 9.90 Å². The second-order valence-corrected chi connectivity index (χ2v) is 6.37. The van der Waals surface area contributed by atoms with Crippen LogP contribution in [-0.4, -0.2) is 45.8 Å². The molecule has 2 aromatic rings. The van der Waals surface area contributed by atoms with Crippen LogP contribution in [0.2, 0.25) is 0 Å². The molecule has 0 spiro atoms. The van der Waals surface area contributed by atoms with Gasteiger partial charge in [0.2, 0.25) is 11.8 Å². The Bertz CT molecular complexity index is 671. The third-order valence-corrected chi connectivity index (χ3v) is 4.59. The van der Waals surface area contributed by atoms with Crippen LogP contribution in [0.4, 0.5) is 0 Å². The van der Waals surface area contributed by atoms with Gasteiger partial charge in [-0.1, -0.05) is 35.5 Å². The summed E-state index contributed by atoms with van der Waals surface area (Å²) in [7, 11) is 0. The summed E-state index contributed by atoms with van der Waals surface area (Å²) < 4.78 is 5.24. The van der Waals surface area contributed by atoms with Crippen LogP contribution in [-0.2, 0) is 11.2 Å². The molecule has 0 saturated carbocycles. The lowest BCUT2D eigenvalue weighted by molar-refractivity contribution is -0.130. The number of aromatic nitrogens is 2. The molecule has 1 amide bonds. The maximum absolute atomic E-state index is 12.5. The van der Waals surface area contributed by atoms with Gasteiger partial charge in [-0.3, -0.25) is 4.79 Å². The molecular formula is C18H23N3O3. The number of aliphatic hydroxyl groups excluding tert-OH is 1. The number of nitrogens with zero attached hydrogens (tertiary/aromatic N) is 3. The third-order valence-electron chi connectivity index (χ3n) is 4.59. The fourth-order valence-corrected chi connectivity index (χ4v) is 3.25. The Balaban J connectivity index is 1.54. The van der Waals surface area contributed by atoms with E-state index in [1.807, 2.05) is 23.1 Å². The summed E-state index contributed by atoms with van der Waals surface area (Å²) in [5, 5.41) is 13.4. The molecule has 2 heterocycles. The Kier molecular flexibility index (Phi) is 5.25. The van der Waals surface area contributed by atoms with Crippen LogP contribution in [0.5, 0.6) is 0 Å². The molecule has 1 aromatic heterocycles. The van der Waals surface area contributed by atoms with E-state index in [0.29, 0.717) is 31.2 Å². The highest BCUT2D eigenvalue weighted by molar-refractivity contribution is 5.76. The predicted molar refractivity (Wildman–Crippen MR) is 88.3 cm³/mol. The van der Waals surface area contributed by atoms with Crippen LogP contribution >= 0.6 is 0 Å². The lowest BCUT2D eigenvalue weighted by Gasteiger charge is -2.15. The van der Waals surface area contributed by atoms with Crippen LogP contribution in [0.15, 0.2) is 34.9 Å². The highest BCUT2D eigenvalue weighted by Gasteiger charge is 2.38. The number of hydrogen-bond donors (Lipinski definition) is 1. The number of carbonyl (C=O) groups is 1. The smallest absolute Gasteiger partial charge is 0.231 e. The zero-order valence-corrected chi connectivity index (χ0v) is 13.9. The van der Waals surface area contributed by atoms with Crippen molar-refractivity contribution in [3.63, 3.8) is 0 Å². The molecule has 1 aliphatic rings. The molecule has 1 fully saturated rings. The molecule has 24 heavy (non-hydrogen) atoms. The van der Waals surface area contributed by atoms with Crippen molar-refractivity contribution in [2.75, 3.05) is 19.7 Å². The Morgan fingerprint density at radius 1 is 1.33 bits per heavy atom. The van der Waals surface area contributed by atoms with Crippen molar-refractivity contribution in [3.05, 3.63) is 47.6 Å². The van der Waals surface area contributed by atoms with E-state index in [0.717, 1.165) is 12.8 Å². The molecule has 128 valence electrons. The van der Waals surface area contributed by atoms with Gasteiger partial charge in [-0.25, -0.2) is 0 Å². The fraction of sp³-hybridized carbons (Fsp3) is 0.500. The molecule has 0 bridgehead atoms. The first-order chi connectivity index (χ1) is 11.7. The number of aryl methyl sites for hydroxylation is 2. The quantitative estimate of drug-likeness (QED) is 0.876. The average Bonchev–Trinajstić information content (AvgIpc) is 3.21. The Morgan fingerprint density at radius 3 is 2.79 bits per heavy atom. The molecule has 0 radical (unpaired) electrons. The molecule has 1 saturated heterocycles. The van der Waals surface area contributed by atoms with Gasteiger partial charge in [0.25, 0.3) is 0 Å². The molecule has 6 nitrogen and oxygen atoms in total. The zero-order chi connectivity index (χ0) is 16.9. The monoisotopic (exact) mass is 329 g/mol. The van der Waals surface area contributed by atoms with Crippen molar-refractivity contribution in [1.82, 2.24) is 15.0 Å². The van der Waals surface area contributed by atoms with Crippen molar-refractivity contribution in [3.8, 4) is 0 Å². The van der Waals surface area contributed by atoms with E-state index in [2.05, 4.69) is 22.3 Å². The molecule has 1 aliphatic heterocycles. The summed E-state index contributed by atoms with van der Waals surface area (Å²) in [6, 6.07) is 10.2. The molecule has 0 aliphatic carbocycles. The number of likely N-dealkylation sites (tertiary alicyclic amines) is 1. The van der Waals surface area contributed by atoms with E-state index in [1.54, 1.807) is 6.92 Å². The molecule has 6 heteroatoms. The number of carbonyl (C=O) groups excluding carboxylic acids is 1. The van der Waals surface area contributed by atoms with Crippen LogP contribution in [0, 0.1) is 12.8 Å². The van der Waals surface area contributed by atoms with Crippen molar-refractivity contribution in [1.29, 1.82) is 0 Å². The number of rotatable bonds is 6. The van der Waals surface area contributed by atoms with E-state index in [1.165, 1.54) is 5.56 Å². The summed E-state index contributed by atoms with van der Waals surface area (Å²) in [6.07, 6.45) is 2.24. The number of amides is 1. The zero-order valence-electron chi connectivity index (χ0n) is 13.9. The first-order valence-corrected chi connectivity index (χ1v) is 8.40. The third kappa shape index (κ3) is 3.82. The molecule has 2 atom stereocenters. The van der Waals surface area contributed by atoms with Crippen LogP contribution < -0.4 is 0 Å². The largest absolute Gasteiger partial charge is 0.396 e. The molecular weight excluding hydrogens is 306 g/mol. The normalized spacial score (nSPS) is 20.5. The summed E-state index contributed by atoms with van der Waals surface area (Å²) >= 11 is 0. The summed E-state index contributed by atoms with van der Waals surface area (Å²) in [5.74, 6) is 1.11. The van der Waals surface area contributed by atoms with Gasteiger partial charge in [0.1, 0.15) is 0 Å². The first kappa shape index (κ1) is 16.6. The second kappa shape index (κ2) is 7.57. The summed E-state index contributed by atoms with van der Waals surface area (Å²) in [4.78, 5) is 18.5. The fourth-order valence-electron chi connectivity index (χ4n) is 3.25. The lowest BCUT2D eigenvalue weighted by Crippen LogP contribution is -2.29. The number of hydrogen-bond acceptors (Lipinski definition) is 5. The van der Waals surface area contributed by atoms with Crippen molar-refractivity contribution in [2.24, 2.45) is 5.92 Å². The van der Waals surface area contributed by atoms with Gasteiger partial charge in [0, 0.05) is 32.0 Å². The van der Waals surface area contributed by atoms with Gasteiger partial charge >= 0.3 is 0 Å². The lowest BCUT2D eigenvalue weighted by atomic mass is 9.97. The van der Waals surface area contributed by atoms with Crippen LogP contribution in [0.3, 0.4) is 0 Å². The average molecular weight is 329 g/mol. The van der Waals surface area contributed by atoms with Gasteiger partial charge in [0.15, 0.2) is 5.82 Å². The van der Waals surface area contributed by atoms with Crippen molar-refractivity contribution < 1.29 is 14.4 Å². The Labute approximate surface area is 141 Å². The molecule has 3 rings (SSSR count). The Morgan fingerprint density at radius 2 is 2.12 bits per heavy atom. The molecule has 1 aromatic carbocycles. The topological polar surface area (TPSA) is 79.5 Å². The highest BCUT2D eigenvalue weighted by Crippen LogP contribution is 2.31. The van der Waals surface area contributed by atoms with Gasteiger partial charge in [0.05, 0.1) is 5.92 Å². The molecule has 1 N–H and O–H groups in total.